The predicted octanol–water partition coefficient (Wildman–Crippen LogP) is 1.03. The van der Waals surface area contributed by atoms with E-state index >= 15 is 0 Å². The smallest absolute Gasteiger partial charge is 0.249 e. The van der Waals surface area contributed by atoms with Crippen LogP contribution < -0.4 is 9.62 Å². The van der Waals surface area contributed by atoms with Crippen molar-refractivity contribution in [2.24, 2.45) is 0 Å². The topological polar surface area (TPSA) is 75.7 Å². The number of benzene rings is 1. The molecule has 0 spiro atoms. The summed E-state index contributed by atoms with van der Waals surface area (Å²) in [6.45, 7) is 0.468. The largest absolute Gasteiger partial charge is 0.368 e. The maximum absolute atomic E-state index is 13.3. The number of hydrogen-bond acceptors (Lipinski definition) is 4. The molecule has 1 unspecified atom stereocenters. The van der Waals surface area contributed by atoms with Gasteiger partial charge in [-0.05, 0) is 25.0 Å². The van der Waals surface area contributed by atoms with E-state index in [1.165, 1.54) is 6.07 Å². The standard InChI is InChI=1S/C14H18F2N2O4S/c1-23(20,21)18(10-4-5-11(15)12(16)9-10)7-6-17-14(19)13-3-2-8-22-13/h4-5,9,13H,2-3,6-8H2,1H3,(H,17,19). The first-order valence-electron chi connectivity index (χ1n) is 7.11. The minimum Gasteiger partial charge on any atom is -0.368 e. The van der Waals surface area contributed by atoms with E-state index in [9.17, 15) is 22.0 Å². The van der Waals surface area contributed by atoms with Crippen LogP contribution in [0.1, 0.15) is 12.8 Å². The van der Waals surface area contributed by atoms with E-state index < -0.39 is 27.8 Å². The Kier molecular flexibility index (Phi) is 5.53. The van der Waals surface area contributed by atoms with Gasteiger partial charge in [-0.1, -0.05) is 0 Å². The average Bonchev–Trinajstić information content (AvgIpc) is 2.99. The van der Waals surface area contributed by atoms with Gasteiger partial charge in [0, 0.05) is 19.2 Å². The van der Waals surface area contributed by atoms with Gasteiger partial charge in [0.2, 0.25) is 15.9 Å². The van der Waals surface area contributed by atoms with Crippen LogP contribution in [-0.4, -0.2) is 46.4 Å². The highest BCUT2D eigenvalue weighted by molar-refractivity contribution is 7.92. The second kappa shape index (κ2) is 7.22. The molecule has 128 valence electrons. The first-order valence-corrected chi connectivity index (χ1v) is 8.96. The average molecular weight is 348 g/mol. The van der Waals surface area contributed by atoms with Crippen LogP contribution in [0.3, 0.4) is 0 Å². The number of carbonyl (C=O) groups is 1. The molecule has 1 aromatic carbocycles. The summed E-state index contributed by atoms with van der Waals surface area (Å²) in [6.07, 6.45) is 1.88. The lowest BCUT2D eigenvalue weighted by Crippen LogP contribution is -2.41. The quantitative estimate of drug-likeness (QED) is 0.833. The van der Waals surface area contributed by atoms with Crippen LogP contribution in [-0.2, 0) is 19.6 Å². The van der Waals surface area contributed by atoms with E-state index in [0.717, 1.165) is 29.1 Å². The summed E-state index contributed by atoms with van der Waals surface area (Å²) in [5.74, 6) is -2.50. The third-order valence-corrected chi connectivity index (χ3v) is 4.62. The molecule has 1 aliphatic heterocycles. The molecule has 1 N–H and O–H groups in total. The van der Waals surface area contributed by atoms with Gasteiger partial charge >= 0.3 is 0 Å². The minimum atomic E-state index is -3.70. The normalized spacial score (nSPS) is 18.0. The van der Waals surface area contributed by atoms with Crippen molar-refractivity contribution in [1.29, 1.82) is 0 Å². The molecule has 0 aromatic heterocycles. The number of sulfonamides is 1. The Balaban J connectivity index is 2.02. The summed E-state index contributed by atoms with van der Waals surface area (Å²) in [5.41, 5.74) is -0.00207. The van der Waals surface area contributed by atoms with E-state index in [4.69, 9.17) is 4.74 Å². The van der Waals surface area contributed by atoms with Crippen molar-refractivity contribution in [2.75, 3.05) is 30.3 Å². The van der Waals surface area contributed by atoms with Crippen molar-refractivity contribution < 1.29 is 26.7 Å². The van der Waals surface area contributed by atoms with Crippen molar-refractivity contribution >= 4 is 21.6 Å². The van der Waals surface area contributed by atoms with Crippen molar-refractivity contribution in [3.05, 3.63) is 29.8 Å². The number of nitrogens with one attached hydrogen (secondary N) is 1. The summed E-state index contributed by atoms with van der Waals surface area (Å²) in [7, 11) is -3.70. The summed E-state index contributed by atoms with van der Waals surface area (Å²) in [6, 6.07) is 2.83. The first kappa shape index (κ1) is 17.6. The number of anilines is 1. The third kappa shape index (κ3) is 4.61. The molecule has 1 amide bonds. The SMILES string of the molecule is CS(=O)(=O)N(CCNC(=O)C1CCCO1)c1ccc(F)c(F)c1. The summed E-state index contributed by atoms with van der Waals surface area (Å²) < 4.78 is 56.1. The van der Waals surface area contributed by atoms with Crippen LogP contribution in [0.15, 0.2) is 18.2 Å². The van der Waals surface area contributed by atoms with E-state index in [2.05, 4.69) is 5.32 Å². The highest BCUT2D eigenvalue weighted by Gasteiger charge is 2.24. The molecule has 1 aromatic rings. The Morgan fingerprint density at radius 1 is 1.39 bits per heavy atom. The van der Waals surface area contributed by atoms with Crippen LogP contribution in [0.2, 0.25) is 0 Å². The van der Waals surface area contributed by atoms with E-state index in [-0.39, 0.29) is 24.7 Å². The van der Waals surface area contributed by atoms with Gasteiger partial charge in [0.25, 0.3) is 0 Å². The van der Waals surface area contributed by atoms with Gasteiger partial charge in [0.15, 0.2) is 11.6 Å². The zero-order valence-corrected chi connectivity index (χ0v) is 13.4. The zero-order chi connectivity index (χ0) is 17.0. The monoisotopic (exact) mass is 348 g/mol. The van der Waals surface area contributed by atoms with Gasteiger partial charge in [-0.25, -0.2) is 17.2 Å². The minimum absolute atomic E-state index is 0.00207. The van der Waals surface area contributed by atoms with Crippen LogP contribution in [0.4, 0.5) is 14.5 Å². The lowest BCUT2D eigenvalue weighted by molar-refractivity contribution is -0.129. The fourth-order valence-electron chi connectivity index (χ4n) is 2.31. The van der Waals surface area contributed by atoms with Gasteiger partial charge in [-0.2, -0.15) is 0 Å². The Labute approximate surface area is 133 Å². The molecule has 0 radical (unpaired) electrons. The van der Waals surface area contributed by atoms with Crippen LogP contribution >= 0.6 is 0 Å². The second-order valence-corrected chi connectivity index (χ2v) is 7.13. The summed E-state index contributed by atoms with van der Waals surface area (Å²) >= 11 is 0. The van der Waals surface area contributed by atoms with Crippen molar-refractivity contribution in [3.63, 3.8) is 0 Å². The molecular weight excluding hydrogens is 330 g/mol. The van der Waals surface area contributed by atoms with Gasteiger partial charge in [-0.3, -0.25) is 9.10 Å². The first-order chi connectivity index (χ1) is 10.8. The van der Waals surface area contributed by atoms with Crippen LogP contribution in [0.25, 0.3) is 0 Å². The summed E-state index contributed by atoms with van der Waals surface area (Å²) in [4.78, 5) is 11.8. The highest BCUT2D eigenvalue weighted by atomic mass is 32.2. The number of nitrogens with zero attached hydrogens (tertiary/aromatic N) is 1. The molecule has 1 aliphatic rings. The van der Waals surface area contributed by atoms with E-state index in [1.54, 1.807) is 0 Å². The van der Waals surface area contributed by atoms with Crippen LogP contribution in [0.5, 0.6) is 0 Å². The van der Waals surface area contributed by atoms with E-state index in [1.807, 2.05) is 0 Å². The molecule has 1 heterocycles. The van der Waals surface area contributed by atoms with Crippen molar-refractivity contribution in [3.8, 4) is 0 Å². The second-order valence-electron chi connectivity index (χ2n) is 5.23. The lowest BCUT2D eigenvalue weighted by atomic mass is 10.2. The molecule has 23 heavy (non-hydrogen) atoms. The van der Waals surface area contributed by atoms with Gasteiger partial charge in [0.05, 0.1) is 18.5 Å². The maximum atomic E-state index is 13.3. The van der Waals surface area contributed by atoms with Crippen molar-refractivity contribution in [2.45, 2.75) is 18.9 Å². The molecule has 1 saturated heterocycles. The van der Waals surface area contributed by atoms with Crippen molar-refractivity contribution in [1.82, 2.24) is 5.32 Å². The Hall–Kier alpha value is -1.74. The zero-order valence-electron chi connectivity index (χ0n) is 12.6. The van der Waals surface area contributed by atoms with E-state index in [0.29, 0.717) is 13.0 Å². The summed E-state index contributed by atoms with van der Waals surface area (Å²) in [5, 5.41) is 2.59. The fourth-order valence-corrected chi connectivity index (χ4v) is 3.22. The molecule has 9 heteroatoms. The van der Waals surface area contributed by atoms with Crippen LogP contribution in [0, 0.1) is 11.6 Å². The number of carbonyl (C=O) groups excluding carboxylic acids is 1. The van der Waals surface area contributed by atoms with Gasteiger partial charge in [0.1, 0.15) is 6.10 Å². The molecule has 1 fully saturated rings. The number of rotatable bonds is 6. The number of amides is 1. The molecule has 0 aliphatic carbocycles. The predicted molar refractivity (Wildman–Crippen MR) is 80.5 cm³/mol. The Bertz CT molecular complexity index is 675. The Morgan fingerprint density at radius 3 is 2.70 bits per heavy atom. The third-order valence-electron chi connectivity index (χ3n) is 3.43. The number of ether oxygens (including phenoxy) is 1. The molecule has 0 bridgehead atoms. The van der Waals surface area contributed by atoms with Gasteiger partial charge < -0.3 is 10.1 Å². The maximum Gasteiger partial charge on any atom is 0.249 e. The molecule has 0 saturated carbocycles. The molecule has 2 rings (SSSR count). The number of halogens is 2. The Morgan fingerprint density at radius 2 is 2.13 bits per heavy atom. The van der Waals surface area contributed by atoms with Gasteiger partial charge in [-0.15, -0.1) is 0 Å². The molecule has 1 atom stereocenters. The highest BCUT2D eigenvalue weighted by Crippen LogP contribution is 2.20. The fraction of sp³-hybridized carbons (Fsp3) is 0.500. The number of hydrogen-bond donors (Lipinski definition) is 1. The lowest BCUT2D eigenvalue weighted by Gasteiger charge is -2.23. The molecular formula is C14H18F2N2O4S. The molecule has 6 nitrogen and oxygen atoms in total.